The summed E-state index contributed by atoms with van der Waals surface area (Å²) in [6.45, 7) is 4.43. The SMILES string of the molecule is CCCN(CCc1cccs1)C1CCc2c(cccc2OC(=O)c2ccccc2O)C1. The molecule has 0 fully saturated rings. The lowest BCUT2D eigenvalue weighted by molar-refractivity contribution is 0.0729. The second-order valence-corrected chi connectivity index (χ2v) is 9.09. The van der Waals surface area contributed by atoms with E-state index in [9.17, 15) is 9.90 Å². The molecule has 0 saturated carbocycles. The highest BCUT2D eigenvalue weighted by Crippen LogP contribution is 2.32. The number of benzene rings is 2. The van der Waals surface area contributed by atoms with Crippen LogP contribution in [0.4, 0.5) is 0 Å². The maximum absolute atomic E-state index is 12.6. The second kappa shape index (κ2) is 10.1. The normalized spacial score (nSPS) is 15.6. The molecule has 31 heavy (non-hydrogen) atoms. The number of ether oxygens (including phenoxy) is 1. The lowest BCUT2D eigenvalue weighted by Gasteiger charge is -2.35. The average Bonchev–Trinajstić information content (AvgIpc) is 3.30. The van der Waals surface area contributed by atoms with E-state index < -0.39 is 5.97 Å². The molecule has 0 aliphatic heterocycles. The standard InChI is InChI=1S/C26H29NO3S/c1-2-15-27(16-14-21-8-6-17-31-21)20-12-13-22-19(18-20)7-5-11-25(22)30-26(29)23-9-3-4-10-24(23)28/h3-11,17,20,28H,2,12-16,18H2,1H3. The van der Waals surface area contributed by atoms with Crippen molar-refractivity contribution in [1.82, 2.24) is 4.90 Å². The number of fused-ring (bicyclic) bond motifs is 1. The fraction of sp³-hybridized carbons (Fsp3) is 0.346. The van der Waals surface area contributed by atoms with E-state index in [1.807, 2.05) is 23.5 Å². The zero-order valence-electron chi connectivity index (χ0n) is 17.9. The molecule has 0 radical (unpaired) electrons. The zero-order chi connectivity index (χ0) is 21.6. The van der Waals surface area contributed by atoms with E-state index in [1.165, 1.54) is 16.5 Å². The van der Waals surface area contributed by atoms with Crippen molar-refractivity contribution < 1.29 is 14.6 Å². The maximum Gasteiger partial charge on any atom is 0.347 e. The molecule has 162 valence electrons. The largest absolute Gasteiger partial charge is 0.507 e. The molecule has 1 aliphatic rings. The fourth-order valence-corrected chi connectivity index (χ4v) is 5.13. The van der Waals surface area contributed by atoms with Gasteiger partial charge in [0.25, 0.3) is 0 Å². The van der Waals surface area contributed by atoms with Crippen LogP contribution in [0.3, 0.4) is 0 Å². The summed E-state index contributed by atoms with van der Waals surface area (Å²) in [6.07, 6.45) is 5.17. The molecule has 2 aromatic carbocycles. The number of carbonyl (C=O) groups excluding carboxylic acids is 1. The van der Waals surface area contributed by atoms with Gasteiger partial charge >= 0.3 is 5.97 Å². The van der Waals surface area contributed by atoms with Crippen molar-refractivity contribution >= 4 is 17.3 Å². The topological polar surface area (TPSA) is 49.8 Å². The van der Waals surface area contributed by atoms with Crippen molar-refractivity contribution in [1.29, 1.82) is 0 Å². The highest BCUT2D eigenvalue weighted by Gasteiger charge is 2.26. The molecule has 0 amide bonds. The Labute approximate surface area is 188 Å². The molecule has 1 N–H and O–H groups in total. The number of para-hydroxylation sites is 1. The molecule has 0 spiro atoms. The van der Waals surface area contributed by atoms with Crippen LogP contribution in [0.25, 0.3) is 0 Å². The van der Waals surface area contributed by atoms with Crippen molar-refractivity contribution in [3.8, 4) is 11.5 Å². The van der Waals surface area contributed by atoms with E-state index in [1.54, 1.807) is 18.2 Å². The Morgan fingerprint density at radius 1 is 1.13 bits per heavy atom. The minimum absolute atomic E-state index is 0.0571. The summed E-state index contributed by atoms with van der Waals surface area (Å²) in [5.74, 6) is 0.0420. The average molecular weight is 436 g/mol. The van der Waals surface area contributed by atoms with E-state index in [-0.39, 0.29) is 11.3 Å². The Morgan fingerprint density at radius 3 is 2.77 bits per heavy atom. The molecule has 4 nitrogen and oxygen atoms in total. The molecule has 0 bridgehead atoms. The molecule has 3 aromatic rings. The Hall–Kier alpha value is -2.63. The number of hydrogen-bond acceptors (Lipinski definition) is 5. The molecule has 1 aromatic heterocycles. The number of esters is 1. The number of hydrogen-bond donors (Lipinski definition) is 1. The van der Waals surface area contributed by atoms with Crippen molar-refractivity contribution in [2.75, 3.05) is 13.1 Å². The van der Waals surface area contributed by atoms with E-state index in [0.717, 1.165) is 50.8 Å². The lowest BCUT2D eigenvalue weighted by atomic mass is 9.86. The zero-order valence-corrected chi connectivity index (χ0v) is 18.7. The van der Waals surface area contributed by atoms with Crippen LogP contribution in [-0.4, -0.2) is 35.1 Å². The molecule has 1 unspecified atom stereocenters. The minimum Gasteiger partial charge on any atom is -0.507 e. The van der Waals surface area contributed by atoms with Crippen LogP contribution in [0.1, 0.15) is 46.1 Å². The maximum atomic E-state index is 12.6. The van der Waals surface area contributed by atoms with Gasteiger partial charge in [0.1, 0.15) is 17.1 Å². The summed E-state index contributed by atoms with van der Waals surface area (Å²) >= 11 is 1.83. The molecule has 4 rings (SSSR count). The van der Waals surface area contributed by atoms with Gasteiger partial charge in [0, 0.05) is 17.5 Å². The van der Waals surface area contributed by atoms with E-state index >= 15 is 0 Å². The fourth-order valence-electron chi connectivity index (χ4n) is 4.43. The summed E-state index contributed by atoms with van der Waals surface area (Å²) in [6, 6.07) is 17.3. The third kappa shape index (κ3) is 5.17. The number of carbonyl (C=O) groups is 1. The highest BCUT2D eigenvalue weighted by atomic mass is 32.1. The highest BCUT2D eigenvalue weighted by molar-refractivity contribution is 7.09. The van der Waals surface area contributed by atoms with E-state index in [4.69, 9.17) is 4.74 Å². The monoisotopic (exact) mass is 435 g/mol. The van der Waals surface area contributed by atoms with Crippen molar-refractivity contribution in [2.24, 2.45) is 0 Å². The first-order valence-corrected chi connectivity index (χ1v) is 11.9. The van der Waals surface area contributed by atoms with Gasteiger partial charge in [0.15, 0.2) is 0 Å². The molecule has 1 aliphatic carbocycles. The van der Waals surface area contributed by atoms with Crippen LogP contribution >= 0.6 is 11.3 Å². The van der Waals surface area contributed by atoms with Gasteiger partial charge in [-0.2, -0.15) is 0 Å². The Balaban J connectivity index is 1.46. The number of phenols is 1. The predicted molar refractivity (Wildman–Crippen MR) is 125 cm³/mol. The van der Waals surface area contributed by atoms with Crippen LogP contribution in [0.2, 0.25) is 0 Å². The van der Waals surface area contributed by atoms with E-state index in [0.29, 0.717) is 11.8 Å². The Kier molecular flexibility index (Phi) is 7.05. The van der Waals surface area contributed by atoms with Crippen molar-refractivity contribution in [3.63, 3.8) is 0 Å². The summed E-state index contributed by atoms with van der Waals surface area (Å²) in [5, 5.41) is 12.1. The summed E-state index contributed by atoms with van der Waals surface area (Å²) in [7, 11) is 0. The van der Waals surface area contributed by atoms with Crippen molar-refractivity contribution in [2.45, 2.75) is 45.1 Å². The van der Waals surface area contributed by atoms with Crippen LogP contribution < -0.4 is 4.74 Å². The van der Waals surface area contributed by atoms with Gasteiger partial charge in [-0.15, -0.1) is 11.3 Å². The predicted octanol–water partition coefficient (Wildman–Crippen LogP) is 5.48. The van der Waals surface area contributed by atoms with Crippen LogP contribution in [-0.2, 0) is 19.3 Å². The molecule has 1 atom stereocenters. The first kappa shape index (κ1) is 21.6. The Bertz CT molecular complexity index is 1020. The second-order valence-electron chi connectivity index (χ2n) is 8.06. The van der Waals surface area contributed by atoms with Crippen LogP contribution in [0.15, 0.2) is 60.0 Å². The van der Waals surface area contributed by atoms with Crippen LogP contribution in [0.5, 0.6) is 11.5 Å². The van der Waals surface area contributed by atoms with Crippen molar-refractivity contribution in [3.05, 3.63) is 81.5 Å². The van der Waals surface area contributed by atoms with Gasteiger partial charge in [-0.3, -0.25) is 4.90 Å². The molecular formula is C26H29NO3S. The first-order chi connectivity index (χ1) is 15.2. The Morgan fingerprint density at radius 2 is 2.00 bits per heavy atom. The smallest absolute Gasteiger partial charge is 0.347 e. The summed E-state index contributed by atoms with van der Waals surface area (Å²) < 4.78 is 5.71. The van der Waals surface area contributed by atoms with Gasteiger partial charge in [-0.1, -0.05) is 37.3 Å². The number of aromatic hydroxyl groups is 1. The molecule has 5 heteroatoms. The number of rotatable bonds is 8. The van der Waals surface area contributed by atoms with Crippen LogP contribution in [0, 0.1) is 0 Å². The molecular weight excluding hydrogens is 406 g/mol. The molecule has 0 saturated heterocycles. The number of phenolic OH excluding ortho intramolecular Hbond substituents is 1. The van der Waals surface area contributed by atoms with Gasteiger partial charge in [-0.05, 0) is 79.4 Å². The van der Waals surface area contributed by atoms with Gasteiger partial charge in [-0.25, -0.2) is 4.79 Å². The van der Waals surface area contributed by atoms with Gasteiger partial charge in [0.2, 0.25) is 0 Å². The summed E-state index contributed by atoms with van der Waals surface area (Å²) in [5.41, 5.74) is 2.57. The third-order valence-corrected chi connectivity index (χ3v) is 6.93. The third-order valence-electron chi connectivity index (χ3n) is 5.99. The number of nitrogens with zero attached hydrogens (tertiary/aromatic N) is 1. The lowest BCUT2D eigenvalue weighted by Crippen LogP contribution is -2.41. The van der Waals surface area contributed by atoms with Gasteiger partial charge < -0.3 is 9.84 Å². The van der Waals surface area contributed by atoms with Gasteiger partial charge in [0.05, 0.1) is 0 Å². The molecule has 1 heterocycles. The summed E-state index contributed by atoms with van der Waals surface area (Å²) in [4.78, 5) is 16.7. The quantitative estimate of drug-likeness (QED) is 0.376. The first-order valence-electron chi connectivity index (χ1n) is 11.0. The minimum atomic E-state index is -0.516. The van der Waals surface area contributed by atoms with E-state index in [2.05, 4.69) is 35.4 Å². The number of thiophene rings is 1.